The van der Waals surface area contributed by atoms with Gasteiger partial charge in [0.25, 0.3) is 5.90 Å². The highest BCUT2D eigenvalue weighted by Gasteiger charge is 2.66. The third-order valence-corrected chi connectivity index (χ3v) is 4.46. The van der Waals surface area contributed by atoms with Gasteiger partial charge in [-0.1, -0.05) is 18.2 Å². The molecule has 0 amide bonds. The molecule has 0 saturated heterocycles. The van der Waals surface area contributed by atoms with Gasteiger partial charge in [-0.05, 0) is 17.3 Å². The minimum absolute atomic E-state index is 0.00512. The zero-order valence-electron chi connectivity index (χ0n) is 15.3. The second kappa shape index (κ2) is 7.42. The molecule has 14 heteroatoms. The Kier molecular flexibility index (Phi) is 5.05. The SMILES string of the molecule is FC1=C(F)C2(ON=C(c3ccccc3)O2)C(F)=C(F)C1(F)Oc1c(F)c(F)c(F)c(F)c1F. The highest BCUT2D eigenvalue weighted by Crippen LogP contribution is 2.53. The van der Waals surface area contributed by atoms with Crippen LogP contribution in [0, 0.1) is 29.1 Å². The number of hydrogen-bond donors (Lipinski definition) is 0. The Bertz CT molecular complexity index is 1200. The van der Waals surface area contributed by atoms with E-state index in [2.05, 4.69) is 14.7 Å². The standard InChI is InChI=1S/C19H5F10NO3/c20-7-8(21)10(23)12(11(24)9(7)22)31-18(29)13(25)15(27)19(16(28)14(18)26)32-17(30-33-19)6-4-2-1-3-5-6/h1-5H. The van der Waals surface area contributed by atoms with Crippen LogP contribution < -0.4 is 4.74 Å². The van der Waals surface area contributed by atoms with Crippen molar-refractivity contribution in [3.05, 3.63) is 88.3 Å². The average molecular weight is 485 g/mol. The quantitative estimate of drug-likeness (QED) is 0.312. The molecule has 1 heterocycles. The van der Waals surface area contributed by atoms with Gasteiger partial charge < -0.3 is 14.3 Å². The molecule has 0 N–H and O–H groups in total. The summed E-state index contributed by atoms with van der Waals surface area (Å²) in [4.78, 5) is 4.34. The monoisotopic (exact) mass is 485 g/mol. The van der Waals surface area contributed by atoms with Gasteiger partial charge in [0.2, 0.25) is 58.1 Å². The molecule has 2 aromatic carbocycles. The first-order chi connectivity index (χ1) is 15.5. The van der Waals surface area contributed by atoms with Crippen molar-refractivity contribution in [3.63, 3.8) is 0 Å². The molecule has 0 aromatic heterocycles. The topological polar surface area (TPSA) is 40.0 Å². The Labute approximate surface area is 175 Å². The summed E-state index contributed by atoms with van der Waals surface area (Å²) in [6, 6.07) is 6.91. The van der Waals surface area contributed by atoms with Crippen LogP contribution in [0.25, 0.3) is 0 Å². The number of alkyl halides is 1. The van der Waals surface area contributed by atoms with Gasteiger partial charge in [0.15, 0.2) is 0 Å². The van der Waals surface area contributed by atoms with Crippen molar-refractivity contribution in [3.8, 4) is 5.75 Å². The molecule has 0 bridgehead atoms. The normalized spacial score (nSPS) is 24.7. The van der Waals surface area contributed by atoms with Crippen LogP contribution in [-0.2, 0) is 9.57 Å². The van der Waals surface area contributed by atoms with Gasteiger partial charge >= 0.3 is 11.6 Å². The lowest BCUT2D eigenvalue weighted by atomic mass is 10.0. The van der Waals surface area contributed by atoms with Crippen molar-refractivity contribution in [2.45, 2.75) is 11.6 Å². The summed E-state index contributed by atoms with van der Waals surface area (Å²) in [5.41, 5.74) is 0.00512. The van der Waals surface area contributed by atoms with Crippen molar-refractivity contribution in [1.29, 1.82) is 0 Å². The van der Waals surface area contributed by atoms with Gasteiger partial charge in [-0.25, -0.2) is 22.0 Å². The third-order valence-electron chi connectivity index (χ3n) is 4.46. The van der Waals surface area contributed by atoms with Gasteiger partial charge in [-0.15, -0.1) is 0 Å². The second-order valence-electron chi connectivity index (χ2n) is 6.42. The van der Waals surface area contributed by atoms with Crippen molar-refractivity contribution in [2.75, 3.05) is 0 Å². The predicted molar refractivity (Wildman–Crippen MR) is 87.1 cm³/mol. The fraction of sp³-hybridized carbons (Fsp3) is 0.105. The molecule has 0 atom stereocenters. The zero-order valence-corrected chi connectivity index (χ0v) is 15.3. The van der Waals surface area contributed by atoms with Crippen LogP contribution in [-0.4, -0.2) is 17.5 Å². The summed E-state index contributed by atoms with van der Waals surface area (Å²) in [5, 5.41) is 3.13. The van der Waals surface area contributed by atoms with Crippen LogP contribution in [0.15, 0.2) is 58.8 Å². The molecule has 0 fully saturated rings. The van der Waals surface area contributed by atoms with Crippen LogP contribution >= 0.6 is 0 Å². The summed E-state index contributed by atoms with van der Waals surface area (Å²) >= 11 is 0. The van der Waals surface area contributed by atoms with Crippen LogP contribution in [0.2, 0.25) is 0 Å². The molecule has 4 nitrogen and oxygen atoms in total. The van der Waals surface area contributed by atoms with Gasteiger partial charge in [0.1, 0.15) is 0 Å². The molecule has 33 heavy (non-hydrogen) atoms. The van der Waals surface area contributed by atoms with E-state index in [9.17, 15) is 43.9 Å². The number of oxime groups is 1. The second-order valence-corrected chi connectivity index (χ2v) is 6.42. The summed E-state index contributed by atoms with van der Waals surface area (Å²) in [6.45, 7) is 0. The minimum atomic E-state index is -5.14. The fourth-order valence-corrected chi connectivity index (χ4v) is 2.81. The van der Waals surface area contributed by atoms with E-state index in [1.807, 2.05) is 0 Å². The third kappa shape index (κ3) is 3.03. The van der Waals surface area contributed by atoms with Crippen LogP contribution in [0.5, 0.6) is 5.75 Å². The molecule has 2 aliphatic rings. The molecular formula is C19H5F10NO3. The Balaban J connectivity index is 1.78. The first-order valence-electron chi connectivity index (χ1n) is 8.48. The van der Waals surface area contributed by atoms with E-state index in [1.165, 1.54) is 30.3 Å². The van der Waals surface area contributed by atoms with Crippen molar-refractivity contribution in [1.82, 2.24) is 0 Å². The van der Waals surface area contributed by atoms with Crippen LogP contribution in [0.3, 0.4) is 0 Å². The van der Waals surface area contributed by atoms with Gasteiger partial charge in [0, 0.05) is 5.56 Å². The molecule has 174 valence electrons. The molecule has 1 spiro atoms. The van der Waals surface area contributed by atoms with Crippen molar-refractivity contribution >= 4 is 5.90 Å². The molecule has 1 aliphatic heterocycles. The Morgan fingerprint density at radius 1 is 0.667 bits per heavy atom. The van der Waals surface area contributed by atoms with E-state index in [4.69, 9.17) is 4.74 Å². The Hall–Kier alpha value is -3.71. The van der Waals surface area contributed by atoms with E-state index >= 15 is 0 Å². The summed E-state index contributed by atoms with van der Waals surface area (Å²) < 4.78 is 149. The average Bonchev–Trinajstić information content (AvgIpc) is 3.28. The highest BCUT2D eigenvalue weighted by atomic mass is 19.2. The maximum absolute atomic E-state index is 14.9. The number of hydrogen-bond acceptors (Lipinski definition) is 4. The van der Waals surface area contributed by atoms with Gasteiger partial charge in [0.05, 0.1) is 0 Å². The number of halogens is 10. The van der Waals surface area contributed by atoms with E-state index < -0.39 is 75.7 Å². The lowest BCUT2D eigenvalue weighted by Crippen LogP contribution is -2.46. The van der Waals surface area contributed by atoms with E-state index in [0.29, 0.717) is 0 Å². The van der Waals surface area contributed by atoms with E-state index in [1.54, 1.807) is 0 Å². The molecule has 0 saturated carbocycles. The largest absolute Gasteiger partial charge is 0.440 e. The van der Waals surface area contributed by atoms with Crippen LogP contribution in [0.1, 0.15) is 5.56 Å². The minimum Gasteiger partial charge on any atom is -0.440 e. The molecule has 2 aromatic rings. The van der Waals surface area contributed by atoms with Gasteiger partial charge in [-0.2, -0.15) is 22.0 Å². The Morgan fingerprint density at radius 2 is 1.15 bits per heavy atom. The van der Waals surface area contributed by atoms with Crippen molar-refractivity contribution < 1.29 is 58.2 Å². The lowest BCUT2D eigenvalue weighted by Gasteiger charge is -2.32. The maximum Gasteiger partial charge on any atom is 0.389 e. The molecule has 0 radical (unpaired) electrons. The highest BCUT2D eigenvalue weighted by molar-refractivity contribution is 5.95. The maximum atomic E-state index is 14.9. The summed E-state index contributed by atoms with van der Waals surface area (Å²) in [5.74, 6) is -37.4. The number of nitrogens with zero attached hydrogens (tertiary/aromatic N) is 1. The van der Waals surface area contributed by atoms with E-state index in [0.717, 1.165) is 0 Å². The molecular weight excluding hydrogens is 480 g/mol. The predicted octanol–water partition coefficient (Wildman–Crippen LogP) is 5.85. The summed E-state index contributed by atoms with van der Waals surface area (Å²) in [7, 11) is 0. The zero-order chi connectivity index (χ0) is 24.3. The van der Waals surface area contributed by atoms with E-state index in [-0.39, 0.29) is 5.56 Å². The number of benzene rings is 2. The number of ether oxygens (including phenoxy) is 2. The fourth-order valence-electron chi connectivity index (χ4n) is 2.81. The molecule has 1 aliphatic carbocycles. The first kappa shape index (κ1) is 22.5. The first-order valence-corrected chi connectivity index (χ1v) is 8.48. The van der Waals surface area contributed by atoms with Crippen LogP contribution in [0.4, 0.5) is 43.9 Å². The number of rotatable bonds is 3. The molecule has 0 unspecified atom stereocenters. The Morgan fingerprint density at radius 3 is 1.67 bits per heavy atom. The molecule has 4 rings (SSSR count). The van der Waals surface area contributed by atoms with Crippen molar-refractivity contribution in [2.24, 2.45) is 5.16 Å². The lowest BCUT2D eigenvalue weighted by molar-refractivity contribution is -0.149. The van der Waals surface area contributed by atoms with Gasteiger partial charge in [-0.3, -0.25) is 0 Å². The smallest absolute Gasteiger partial charge is 0.389 e. The summed E-state index contributed by atoms with van der Waals surface area (Å²) in [6.07, 6.45) is 0.